The van der Waals surface area contributed by atoms with E-state index in [9.17, 15) is 9.18 Å². The molecule has 1 saturated carbocycles. The van der Waals surface area contributed by atoms with Crippen LogP contribution in [-0.4, -0.2) is 28.0 Å². The largest absolute Gasteiger partial charge is 0.488 e. The van der Waals surface area contributed by atoms with Gasteiger partial charge in [0.2, 0.25) is 0 Å². The summed E-state index contributed by atoms with van der Waals surface area (Å²) in [5.41, 5.74) is 7.98. The number of hydrogen-bond acceptors (Lipinski definition) is 5. The van der Waals surface area contributed by atoms with Gasteiger partial charge in [-0.2, -0.15) is 0 Å². The van der Waals surface area contributed by atoms with Crippen molar-refractivity contribution in [1.29, 1.82) is 0 Å². The molecular weight excluding hydrogens is 359 g/mol. The van der Waals surface area contributed by atoms with E-state index in [1.165, 1.54) is 12.1 Å². The van der Waals surface area contributed by atoms with Gasteiger partial charge in [0.15, 0.2) is 0 Å². The van der Waals surface area contributed by atoms with Gasteiger partial charge in [-0.15, -0.1) is 0 Å². The first-order chi connectivity index (χ1) is 13.6. The molecule has 4 rings (SSSR count). The number of anilines is 1. The number of benzene rings is 2. The van der Waals surface area contributed by atoms with Gasteiger partial charge in [-0.25, -0.2) is 9.37 Å². The van der Waals surface area contributed by atoms with Crippen molar-refractivity contribution < 1.29 is 13.9 Å². The van der Waals surface area contributed by atoms with Gasteiger partial charge in [-0.3, -0.25) is 9.78 Å². The number of rotatable bonds is 4. The van der Waals surface area contributed by atoms with E-state index < -0.39 is 5.82 Å². The normalized spacial score (nSPS) is 19.3. The van der Waals surface area contributed by atoms with Crippen LogP contribution in [0.3, 0.4) is 0 Å². The van der Waals surface area contributed by atoms with E-state index in [0.29, 0.717) is 22.5 Å². The second-order valence-electron chi connectivity index (χ2n) is 6.99. The molecule has 0 unspecified atom stereocenters. The number of fused-ring (bicyclic) bond motifs is 1. The lowest BCUT2D eigenvalue weighted by Crippen LogP contribution is -2.40. The molecule has 3 aromatic rings. The Morgan fingerprint density at radius 1 is 1.11 bits per heavy atom. The number of carbonyl (C=O) groups is 1. The number of halogens is 1. The minimum absolute atomic E-state index is 0.00401. The smallest absolute Gasteiger partial charge is 0.254 e. The second kappa shape index (κ2) is 7.80. The molecule has 1 aliphatic carbocycles. The van der Waals surface area contributed by atoms with Gasteiger partial charge >= 0.3 is 0 Å². The first-order valence-electron chi connectivity index (χ1n) is 9.32. The number of nitrogens with two attached hydrogens (primary N) is 1. The molecule has 2 aromatic carbocycles. The third kappa shape index (κ3) is 3.88. The van der Waals surface area contributed by atoms with Crippen molar-refractivity contribution in [2.45, 2.75) is 37.8 Å². The van der Waals surface area contributed by atoms with Gasteiger partial charge in [-0.1, -0.05) is 12.1 Å². The van der Waals surface area contributed by atoms with Crippen molar-refractivity contribution in [3.05, 3.63) is 60.2 Å². The molecule has 1 heterocycles. The van der Waals surface area contributed by atoms with Crippen molar-refractivity contribution in [3.63, 3.8) is 0 Å². The van der Waals surface area contributed by atoms with Gasteiger partial charge < -0.3 is 15.8 Å². The average Bonchev–Trinajstić information content (AvgIpc) is 2.69. The zero-order valence-electron chi connectivity index (χ0n) is 15.3. The van der Waals surface area contributed by atoms with Gasteiger partial charge in [-0.05, 0) is 43.9 Å². The molecule has 144 valence electrons. The first kappa shape index (κ1) is 18.2. The second-order valence-corrected chi connectivity index (χ2v) is 6.99. The topological polar surface area (TPSA) is 90.1 Å². The Morgan fingerprint density at radius 2 is 1.86 bits per heavy atom. The predicted octanol–water partition coefficient (Wildman–Crippen LogP) is 3.47. The van der Waals surface area contributed by atoms with Crippen LogP contribution >= 0.6 is 0 Å². The highest BCUT2D eigenvalue weighted by Crippen LogP contribution is 2.30. The van der Waals surface area contributed by atoms with Gasteiger partial charge in [0.1, 0.15) is 17.1 Å². The summed E-state index contributed by atoms with van der Waals surface area (Å²) in [7, 11) is 0. The molecule has 1 aromatic heterocycles. The Balaban J connectivity index is 1.37. The van der Waals surface area contributed by atoms with Crippen LogP contribution in [0.15, 0.2) is 48.8 Å². The molecule has 3 N–H and O–H groups in total. The summed E-state index contributed by atoms with van der Waals surface area (Å²) < 4.78 is 19.9. The van der Waals surface area contributed by atoms with Crippen molar-refractivity contribution in [1.82, 2.24) is 15.3 Å². The van der Waals surface area contributed by atoms with E-state index in [2.05, 4.69) is 15.3 Å². The molecule has 1 aliphatic rings. The van der Waals surface area contributed by atoms with Crippen LogP contribution in [0.4, 0.5) is 10.1 Å². The highest BCUT2D eigenvalue weighted by molar-refractivity contribution is 5.94. The van der Waals surface area contributed by atoms with E-state index in [-0.39, 0.29) is 23.6 Å². The van der Waals surface area contributed by atoms with Gasteiger partial charge in [0.05, 0.1) is 17.2 Å². The number of ether oxygens (including phenoxy) is 1. The highest BCUT2D eigenvalue weighted by Gasteiger charge is 2.25. The molecule has 0 atom stereocenters. The van der Waals surface area contributed by atoms with Crippen molar-refractivity contribution >= 4 is 22.6 Å². The fourth-order valence-corrected chi connectivity index (χ4v) is 3.57. The molecule has 0 aliphatic heterocycles. The summed E-state index contributed by atoms with van der Waals surface area (Å²) in [6, 6.07) is 9.54. The lowest BCUT2D eigenvalue weighted by Gasteiger charge is -2.29. The average molecular weight is 380 g/mol. The molecule has 0 bridgehead atoms. The molecule has 0 saturated heterocycles. The highest BCUT2D eigenvalue weighted by atomic mass is 19.1. The summed E-state index contributed by atoms with van der Waals surface area (Å²) >= 11 is 0. The van der Waals surface area contributed by atoms with Crippen LogP contribution in [0.5, 0.6) is 5.75 Å². The third-order valence-electron chi connectivity index (χ3n) is 4.98. The van der Waals surface area contributed by atoms with Crippen molar-refractivity contribution in [3.8, 4) is 5.75 Å². The Kier molecular flexibility index (Phi) is 5.06. The molecule has 0 radical (unpaired) electrons. The van der Waals surface area contributed by atoms with Crippen LogP contribution in [0.1, 0.15) is 36.0 Å². The van der Waals surface area contributed by atoms with E-state index in [0.717, 1.165) is 25.7 Å². The summed E-state index contributed by atoms with van der Waals surface area (Å²) in [6.45, 7) is 0. The van der Waals surface area contributed by atoms with Crippen LogP contribution in [0, 0.1) is 5.82 Å². The van der Waals surface area contributed by atoms with Crippen LogP contribution in [0.2, 0.25) is 0 Å². The maximum absolute atomic E-state index is 13.8. The van der Waals surface area contributed by atoms with Crippen molar-refractivity contribution in [2.24, 2.45) is 0 Å². The summed E-state index contributed by atoms with van der Waals surface area (Å²) in [5.74, 6) is -0.256. The molecule has 1 amide bonds. The molecule has 6 nitrogen and oxygen atoms in total. The van der Waals surface area contributed by atoms with E-state index in [1.54, 1.807) is 36.7 Å². The van der Waals surface area contributed by atoms with E-state index >= 15 is 0 Å². The van der Waals surface area contributed by atoms with Crippen LogP contribution < -0.4 is 15.8 Å². The molecule has 0 spiro atoms. The first-order valence-corrected chi connectivity index (χ1v) is 9.32. The number of amides is 1. The Hall–Kier alpha value is -3.22. The molecule has 1 fully saturated rings. The quantitative estimate of drug-likeness (QED) is 0.677. The van der Waals surface area contributed by atoms with Crippen LogP contribution in [-0.2, 0) is 0 Å². The van der Waals surface area contributed by atoms with E-state index in [1.807, 2.05) is 0 Å². The minimum Gasteiger partial charge on any atom is -0.488 e. The zero-order chi connectivity index (χ0) is 19.5. The summed E-state index contributed by atoms with van der Waals surface area (Å²) in [5, 5.41) is 2.92. The number of nitrogens with zero attached hydrogens (tertiary/aromatic N) is 2. The zero-order valence-corrected chi connectivity index (χ0v) is 15.3. The van der Waals surface area contributed by atoms with E-state index in [4.69, 9.17) is 10.5 Å². The lowest BCUT2D eigenvalue weighted by atomic mass is 9.92. The van der Waals surface area contributed by atoms with Crippen LogP contribution in [0.25, 0.3) is 11.0 Å². The number of carbonyl (C=O) groups excluding carboxylic acids is 1. The van der Waals surface area contributed by atoms with Crippen molar-refractivity contribution in [2.75, 3.05) is 5.73 Å². The third-order valence-corrected chi connectivity index (χ3v) is 4.98. The number of nitrogens with one attached hydrogen (secondary N) is 1. The number of hydrogen-bond donors (Lipinski definition) is 2. The fraction of sp³-hybridized carbons (Fsp3) is 0.286. The molecule has 7 heteroatoms. The Bertz CT molecular complexity index is 1000. The Labute approximate surface area is 161 Å². The van der Waals surface area contributed by atoms with Gasteiger partial charge in [0.25, 0.3) is 5.91 Å². The lowest BCUT2D eigenvalue weighted by molar-refractivity contribution is 0.0891. The SMILES string of the molecule is Nc1cc(OC2CCC(NC(=O)c3ccccc3F)CC2)c2nccnc2c1. The predicted molar refractivity (Wildman–Crippen MR) is 104 cm³/mol. The fourth-order valence-electron chi connectivity index (χ4n) is 3.57. The minimum atomic E-state index is -0.508. The maximum Gasteiger partial charge on any atom is 0.254 e. The number of nitrogen functional groups attached to an aromatic ring is 1. The maximum atomic E-state index is 13.8. The standard InChI is InChI=1S/C21H21FN4O2/c22-17-4-2-1-3-16(17)21(27)26-14-5-7-15(8-6-14)28-19-12-13(23)11-18-20(19)25-10-9-24-18/h1-4,9-12,14-15H,5-8,23H2,(H,26,27). The van der Waals surface area contributed by atoms with Gasteiger partial charge in [0, 0.05) is 30.2 Å². The summed E-state index contributed by atoms with van der Waals surface area (Å²) in [4.78, 5) is 20.9. The monoisotopic (exact) mass is 380 g/mol. The molecular formula is C21H21FN4O2. The Morgan fingerprint density at radius 3 is 2.64 bits per heavy atom. The number of aromatic nitrogens is 2. The summed E-state index contributed by atoms with van der Waals surface area (Å²) in [6.07, 6.45) is 6.33. The molecule has 28 heavy (non-hydrogen) atoms.